The first-order chi connectivity index (χ1) is 14.1. The van der Waals surface area contributed by atoms with Crippen molar-refractivity contribution in [2.45, 2.75) is 44.8 Å². The largest absolute Gasteiger partial charge is 0.390 e. The van der Waals surface area contributed by atoms with Crippen molar-refractivity contribution in [1.82, 2.24) is 4.90 Å². The smallest absolute Gasteiger partial charge is 0.226 e. The zero-order valence-corrected chi connectivity index (χ0v) is 16.9. The lowest BCUT2D eigenvalue weighted by molar-refractivity contribution is -0.137. The van der Waals surface area contributed by atoms with Gasteiger partial charge >= 0.3 is 0 Å². The van der Waals surface area contributed by atoms with Gasteiger partial charge in [0, 0.05) is 29.5 Å². The third-order valence-corrected chi connectivity index (χ3v) is 5.92. The fourth-order valence-corrected chi connectivity index (χ4v) is 4.21. The van der Waals surface area contributed by atoms with E-state index in [1.807, 2.05) is 24.3 Å². The molecular weight excluding hydrogens is 391 g/mol. The van der Waals surface area contributed by atoms with Crippen LogP contribution in [0, 0.1) is 11.7 Å². The van der Waals surface area contributed by atoms with Crippen LogP contribution in [-0.4, -0.2) is 29.2 Å². The Morgan fingerprint density at radius 1 is 1.14 bits per heavy atom. The predicted molar refractivity (Wildman–Crippen MR) is 111 cm³/mol. The summed E-state index contributed by atoms with van der Waals surface area (Å²) in [6, 6.07) is 14.1. The molecule has 152 valence electrons. The number of carbonyl (C=O) groups excluding carboxylic acids is 1. The minimum Gasteiger partial charge on any atom is -0.390 e. The van der Waals surface area contributed by atoms with Crippen LogP contribution in [0.3, 0.4) is 0 Å². The Morgan fingerprint density at radius 2 is 1.86 bits per heavy atom. The normalized spacial score (nSPS) is 19.1. The Hall–Kier alpha value is -2.40. The van der Waals surface area contributed by atoms with E-state index in [1.165, 1.54) is 6.07 Å². The van der Waals surface area contributed by atoms with E-state index in [4.69, 9.17) is 16.4 Å². The molecule has 0 aromatic heterocycles. The van der Waals surface area contributed by atoms with Crippen LogP contribution in [0.15, 0.2) is 53.7 Å². The number of benzene rings is 2. The maximum absolute atomic E-state index is 14.2. The summed E-state index contributed by atoms with van der Waals surface area (Å²) in [7, 11) is 0. The van der Waals surface area contributed by atoms with E-state index < -0.39 is 0 Å². The number of rotatable bonds is 6. The van der Waals surface area contributed by atoms with Crippen LogP contribution >= 0.6 is 11.6 Å². The number of nitrogens with zero attached hydrogens (tertiary/aromatic N) is 2. The zero-order valence-electron chi connectivity index (χ0n) is 16.2. The van der Waals surface area contributed by atoms with Crippen LogP contribution in [-0.2, 0) is 16.2 Å². The molecule has 1 fully saturated rings. The van der Waals surface area contributed by atoms with E-state index in [1.54, 1.807) is 23.1 Å². The average Bonchev–Trinajstić information content (AvgIpc) is 3.41. The van der Waals surface area contributed by atoms with Crippen LogP contribution < -0.4 is 0 Å². The summed E-state index contributed by atoms with van der Waals surface area (Å²) in [5, 5.41) is 4.88. The molecule has 1 amide bonds. The molecule has 2 aromatic carbocycles. The summed E-state index contributed by atoms with van der Waals surface area (Å²) in [5.74, 6) is -0.170. The third kappa shape index (κ3) is 4.78. The highest BCUT2D eigenvalue weighted by molar-refractivity contribution is 6.30. The fraction of sp³-hybridized carbons (Fsp3) is 0.391. The first-order valence-electron chi connectivity index (χ1n) is 10.1. The Morgan fingerprint density at radius 3 is 2.59 bits per heavy atom. The molecule has 2 aliphatic rings. The van der Waals surface area contributed by atoms with E-state index in [-0.39, 0.29) is 30.3 Å². The summed E-state index contributed by atoms with van der Waals surface area (Å²) >= 11 is 5.96. The highest BCUT2D eigenvalue weighted by Crippen LogP contribution is 2.28. The van der Waals surface area contributed by atoms with Crippen LogP contribution in [0.2, 0.25) is 5.02 Å². The quantitative estimate of drug-likeness (QED) is 0.652. The van der Waals surface area contributed by atoms with Crippen molar-refractivity contribution >= 4 is 23.2 Å². The van der Waals surface area contributed by atoms with Crippen molar-refractivity contribution in [2.24, 2.45) is 11.1 Å². The van der Waals surface area contributed by atoms with Gasteiger partial charge in [-0.25, -0.2) is 4.39 Å². The molecule has 0 bridgehead atoms. The van der Waals surface area contributed by atoms with Gasteiger partial charge in [-0.3, -0.25) is 4.79 Å². The second kappa shape index (κ2) is 8.95. The van der Waals surface area contributed by atoms with Crippen molar-refractivity contribution < 1.29 is 14.0 Å². The Kier molecular flexibility index (Phi) is 6.14. The van der Waals surface area contributed by atoms with E-state index in [9.17, 15) is 9.18 Å². The predicted octanol–water partition coefficient (Wildman–Crippen LogP) is 5.19. The van der Waals surface area contributed by atoms with Crippen LogP contribution in [0.1, 0.15) is 43.2 Å². The van der Waals surface area contributed by atoms with Crippen molar-refractivity contribution in [3.63, 3.8) is 0 Å². The maximum atomic E-state index is 14.2. The molecule has 6 heteroatoms. The number of amides is 1. The zero-order chi connectivity index (χ0) is 20.2. The molecular formula is C23H24ClFN2O2. The summed E-state index contributed by atoms with van der Waals surface area (Å²) in [6.07, 6.45) is 4.34. The molecule has 1 atom stereocenters. The van der Waals surface area contributed by atoms with Crippen molar-refractivity contribution in [3.8, 4) is 0 Å². The first-order valence-corrected chi connectivity index (χ1v) is 10.5. The highest BCUT2D eigenvalue weighted by atomic mass is 35.5. The van der Waals surface area contributed by atoms with E-state index in [0.717, 1.165) is 37.0 Å². The molecule has 1 heterocycles. The summed E-state index contributed by atoms with van der Waals surface area (Å²) in [5.41, 5.74) is 2.32. The van der Waals surface area contributed by atoms with Gasteiger partial charge < -0.3 is 9.74 Å². The topological polar surface area (TPSA) is 41.9 Å². The molecule has 0 N–H and O–H groups in total. The molecule has 1 aliphatic carbocycles. The second-order valence-corrected chi connectivity index (χ2v) is 8.20. The van der Waals surface area contributed by atoms with Crippen LogP contribution in [0.5, 0.6) is 0 Å². The van der Waals surface area contributed by atoms with Gasteiger partial charge in [-0.1, -0.05) is 59.9 Å². The molecule has 0 unspecified atom stereocenters. The van der Waals surface area contributed by atoms with Gasteiger partial charge in [0.25, 0.3) is 0 Å². The minimum absolute atomic E-state index is 0.0276. The minimum atomic E-state index is -0.290. The highest BCUT2D eigenvalue weighted by Gasteiger charge is 2.32. The second-order valence-electron chi connectivity index (χ2n) is 7.77. The number of hydrogen-bond acceptors (Lipinski definition) is 3. The Balaban J connectivity index is 1.46. The molecule has 4 rings (SSSR count). The monoisotopic (exact) mass is 414 g/mol. The van der Waals surface area contributed by atoms with Crippen LogP contribution in [0.25, 0.3) is 0 Å². The number of halogens is 2. The molecule has 0 spiro atoms. The van der Waals surface area contributed by atoms with Gasteiger partial charge in [-0.05, 0) is 36.6 Å². The first kappa shape index (κ1) is 19.9. The fourth-order valence-electron chi connectivity index (χ4n) is 4.08. The van der Waals surface area contributed by atoms with E-state index in [2.05, 4.69) is 5.16 Å². The number of hydrogen-bond donors (Lipinski definition) is 0. The van der Waals surface area contributed by atoms with Gasteiger partial charge in [-0.2, -0.15) is 0 Å². The molecule has 2 aromatic rings. The van der Waals surface area contributed by atoms with Crippen LogP contribution in [0.4, 0.5) is 4.39 Å². The molecule has 4 nitrogen and oxygen atoms in total. The average molecular weight is 415 g/mol. The lowest BCUT2D eigenvalue weighted by Gasteiger charge is -2.27. The SMILES string of the molecule is O=C(C1CCCC1)N(Cc1ccccc1F)C[C@H]1CC(c2ccc(Cl)cc2)=NO1. The van der Waals surface area contributed by atoms with Gasteiger partial charge in [0.1, 0.15) is 5.82 Å². The van der Waals surface area contributed by atoms with Crippen molar-refractivity contribution in [3.05, 3.63) is 70.5 Å². The lowest BCUT2D eigenvalue weighted by Crippen LogP contribution is -2.40. The summed E-state index contributed by atoms with van der Waals surface area (Å²) < 4.78 is 14.2. The van der Waals surface area contributed by atoms with Gasteiger partial charge in [0.15, 0.2) is 6.10 Å². The molecule has 29 heavy (non-hydrogen) atoms. The van der Waals surface area contributed by atoms with Gasteiger partial charge in [0.05, 0.1) is 12.3 Å². The van der Waals surface area contributed by atoms with Crippen molar-refractivity contribution in [2.75, 3.05) is 6.54 Å². The van der Waals surface area contributed by atoms with E-state index >= 15 is 0 Å². The Labute approximate surface area is 175 Å². The summed E-state index contributed by atoms with van der Waals surface area (Å²) in [4.78, 5) is 20.5. The number of carbonyl (C=O) groups is 1. The van der Waals surface area contributed by atoms with Gasteiger partial charge in [-0.15, -0.1) is 0 Å². The molecule has 1 aliphatic heterocycles. The molecule has 0 saturated heterocycles. The third-order valence-electron chi connectivity index (χ3n) is 5.67. The molecule has 0 radical (unpaired) electrons. The maximum Gasteiger partial charge on any atom is 0.226 e. The summed E-state index contributed by atoms with van der Waals surface area (Å²) in [6.45, 7) is 0.641. The standard InChI is InChI=1S/C23H24ClFN2O2/c24-19-11-9-16(10-12-19)22-13-20(29-26-22)15-27(23(28)17-5-1-2-6-17)14-18-7-3-4-8-21(18)25/h3-4,7-12,17,20H,1-2,5-6,13-15H2/t20-/m1/s1. The van der Waals surface area contributed by atoms with E-state index in [0.29, 0.717) is 23.6 Å². The number of oxime groups is 1. The molecule has 1 saturated carbocycles. The lowest BCUT2D eigenvalue weighted by atomic mass is 10.0. The Bertz CT molecular complexity index is 894. The van der Waals surface area contributed by atoms with Crippen molar-refractivity contribution in [1.29, 1.82) is 0 Å². The van der Waals surface area contributed by atoms with Gasteiger partial charge in [0.2, 0.25) is 5.91 Å².